The third kappa shape index (κ3) is 2.91. The summed E-state index contributed by atoms with van der Waals surface area (Å²) in [7, 11) is 0. The van der Waals surface area contributed by atoms with Crippen LogP contribution in [0.1, 0.15) is 0 Å². The molecule has 0 spiro atoms. The lowest BCUT2D eigenvalue weighted by Crippen LogP contribution is -2.24. The van der Waals surface area contributed by atoms with Crippen LogP contribution in [0.4, 0.5) is 4.79 Å². The smallest absolute Gasteiger partial charge is 0.319 e. The summed E-state index contributed by atoms with van der Waals surface area (Å²) in [5.74, 6) is 0.565. The van der Waals surface area contributed by atoms with Gasteiger partial charge in [-0.15, -0.1) is 0 Å². The molecule has 0 fully saturated rings. The van der Waals surface area contributed by atoms with Crippen LogP contribution in [0.5, 0.6) is 0 Å². The third-order valence-corrected chi connectivity index (χ3v) is 1.15. The van der Waals surface area contributed by atoms with Crippen molar-refractivity contribution in [3.63, 3.8) is 0 Å². The van der Waals surface area contributed by atoms with Crippen LogP contribution in [-0.2, 0) is 0 Å². The van der Waals surface area contributed by atoms with Crippen molar-refractivity contribution in [1.82, 2.24) is 10.6 Å². The predicted molar refractivity (Wildman–Crippen MR) is 43.9 cm³/mol. The molecule has 0 atom stereocenters. The number of amides is 1. The van der Waals surface area contributed by atoms with Gasteiger partial charge in [0.05, 0.1) is 0 Å². The summed E-state index contributed by atoms with van der Waals surface area (Å²) in [6.45, 7) is 0. The van der Waals surface area contributed by atoms with E-state index in [1.807, 2.05) is 12.2 Å². The fourth-order valence-corrected chi connectivity index (χ4v) is 0.743. The Kier molecular flexibility index (Phi) is 2.74. The molecular weight excluding hydrogens is 164 g/mol. The van der Waals surface area contributed by atoms with Crippen molar-refractivity contribution >= 4 is 17.0 Å². The molecule has 0 aromatic heterocycles. The second-order valence-corrected chi connectivity index (χ2v) is 2.21. The molecule has 0 unspecified atom stereocenters. The minimum absolute atomic E-state index is 0.565. The molecule has 1 amide bonds. The summed E-state index contributed by atoms with van der Waals surface area (Å²) < 4.78 is 0. The SMILES string of the molecule is O=C(Cl)NC1=CC=CC=CN1. The average Bonchev–Trinajstić information content (AvgIpc) is 2.14. The quantitative estimate of drug-likeness (QED) is 0.462. The van der Waals surface area contributed by atoms with Gasteiger partial charge in [0, 0.05) is 6.20 Å². The minimum Gasteiger partial charge on any atom is -0.348 e. The van der Waals surface area contributed by atoms with Crippen LogP contribution < -0.4 is 10.6 Å². The highest BCUT2D eigenvalue weighted by Gasteiger charge is 1.97. The van der Waals surface area contributed by atoms with Crippen molar-refractivity contribution in [3.05, 3.63) is 36.3 Å². The second kappa shape index (κ2) is 3.83. The zero-order chi connectivity index (χ0) is 8.10. The second-order valence-electron chi connectivity index (χ2n) is 1.87. The van der Waals surface area contributed by atoms with Gasteiger partial charge in [-0.3, -0.25) is 10.1 Å². The largest absolute Gasteiger partial charge is 0.348 e. The molecule has 0 radical (unpaired) electrons. The van der Waals surface area contributed by atoms with Crippen LogP contribution in [0.15, 0.2) is 36.3 Å². The van der Waals surface area contributed by atoms with E-state index in [2.05, 4.69) is 10.6 Å². The van der Waals surface area contributed by atoms with Gasteiger partial charge in [0.1, 0.15) is 5.82 Å². The minimum atomic E-state index is -0.604. The Morgan fingerprint density at radius 2 is 2.27 bits per heavy atom. The Labute approximate surface area is 69.4 Å². The summed E-state index contributed by atoms with van der Waals surface area (Å²) in [5.41, 5.74) is 0. The Morgan fingerprint density at radius 1 is 1.45 bits per heavy atom. The lowest BCUT2D eigenvalue weighted by Gasteiger charge is -2.03. The van der Waals surface area contributed by atoms with Gasteiger partial charge in [-0.1, -0.05) is 12.2 Å². The normalized spacial score (nSPS) is 14.8. The summed E-state index contributed by atoms with van der Waals surface area (Å²) >= 11 is 5.09. The molecule has 58 valence electrons. The van der Waals surface area contributed by atoms with E-state index in [1.54, 1.807) is 18.4 Å². The van der Waals surface area contributed by atoms with E-state index in [0.29, 0.717) is 5.82 Å². The number of nitrogens with one attached hydrogen (secondary N) is 2. The molecule has 2 N–H and O–H groups in total. The monoisotopic (exact) mass is 170 g/mol. The van der Waals surface area contributed by atoms with E-state index in [1.165, 1.54) is 0 Å². The first-order chi connectivity index (χ1) is 5.29. The highest BCUT2D eigenvalue weighted by molar-refractivity contribution is 6.63. The molecule has 1 aliphatic heterocycles. The Bertz CT molecular complexity index is 243. The summed E-state index contributed by atoms with van der Waals surface area (Å²) in [5, 5.41) is 4.61. The van der Waals surface area contributed by atoms with E-state index in [-0.39, 0.29) is 0 Å². The first-order valence-corrected chi connectivity index (χ1v) is 3.43. The van der Waals surface area contributed by atoms with E-state index >= 15 is 0 Å². The van der Waals surface area contributed by atoms with Crippen molar-refractivity contribution in [2.75, 3.05) is 0 Å². The summed E-state index contributed by atoms with van der Waals surface area (Å²) in [6, 6.07) is 0. The topological polar surface area (TPSA) is 41.1 Å². The number of carbonyl (C=O) groups is 1. The molecule has 1 heterocycles. The molecule has 0 aromatic rings. The first kappa shape index (κ1) is 7.88. The van der Waals surface area contributed by atoms with Crippen molar-refractivity contribution in [2.45, 2.75) is 0 Å². The molecule has 0 saturated heterocycles. The first-order valence-electron chi connectivity index (χ1n) is 3.05. The Balaban J connectivity index is 2.57. The Hall–Kier alpha value is -1.22. The molecule has 0 aromatic carbocycles. The highest BCUT2D eigenvalue weighted by atomic mass is 35.5. The van der Waals surface area contributed by atoms with Crippen molar-refractivity contribution in [1.29, 1.82) is 0 Å². The number of hydrogen-bond acceptors (Lipinski definition) is 2. The third-order valence-electron chi connectivity index (χ3n) is 1.05. The molecule has 1 rings (SSSR count). The van der Waals surface area contributed by atoms with Crippen molar-refractivity contribution in [2.24, 2.45) is 0 Å². The average molecular weight is 171 g/mol. The van der Waals surface area contributed by atoms with Crippen LogP contribution in [0.2, 0.25) is 0 Å². The van der Waals surface area contributed by atoms with Crippen LogP contribution in [0.25, 0.3) is 0 Å². The lowest BCUT2D eigenvalue weighted by molar-refractivity contribution is 0.261. The fraction of sp³-hybridized carbons (Fsp3) is 0. The van der Waals surface area contributed by atoms with Gasteiger partial charge in [-0.2, -0.15) is 0 Å². The van der Waals surface area contributed by atoms with Gasteiger partial charge < -0.3 is 5.32 Å². The number of carbonyl (C=O) groups excluding carboxylic acids is 1. The molecule has 0 aliphatic carbocycles. The number of allylic oxidation sites excluding steroid dienone is 4. The molecular formula is C7H7ClN2O. The zero-order valence-corrected chi connectivity index (χ0v) is 6.43. The standard InChI is InChI=1S/C7H7ClN2O/c8-7(11)10-6-4-2-1-3-5-9-6/h1-5,9H,(H,10,11). The molecule has 11 heavy (non-hydrogen) atoms. The predicted octanol–water partition coefficient (Wildman–Crippen LogP) is 1.45. The summed E-state index contributed by atoms with van der Waals surface area (Å²) in [6.07, 6.45) is 8.84. The fourth-order valence-electron chi connectivity index (χ4n) is 0.641. The number of halogens is 1. The van der Waals surface area contributed by atoms with Gasteiger partial charge in [0.25, 0.3) is 0 Å². The molecule has 0 bridgehead atoms. The van der Waals surface area contributed by atoms with Gasteiger partial charge in [-0.25, -0.2) is 0 Å². The molecule has 0 saturated carbocycles. The van der Waals surface area contributed by atoms with E-state index < -0.39 is 5.37 Å². The maximum absolute atomic E-state index is 10.3. The molecule has 1 aliphatic rings. The van der Waals surface area contributed by atoms with Crippen LogP contribution in [0.3, 0.4) is 0 Å². The maximum atomic E-state index is 10.3. The molecule has 4 heteroatoms. The van der Waals surface area contributed by atoms with Crippen LogP contribution in [-0.4, -0.2) is 5.37 Å². The number of hydrogen-bond donors (Lipinski definition) is 2. The molecule has 3 nitrogen and oxygen atoms in total. The van der Waals surface area contributed by atoms with Gasteiger partial charge in [0.2, 0.25) is 0 Å². The zero-order valence-electron chi connectivity index (χ0n) is 5.67. The van der Waals surface area contributed by atoms with Gasteiger partial charge in [0.15, 0.2) is 0 Å². The van der Waals surface area contributed by atoms with E-state index in [4.69, 9.17) is 11.6 Å². The highest BCUT2D eigenvalue weighted by Crippen LogP contribution is 1.92. The number of rotatable bonds is 1. The maximum Gasteiger partial charge on any atom is 0.319 e. The Morgan fingerprint density at radius 3 is 3.00 bits per heavy atom. The van der Waals surface area contributed by atoms with E-state index in [9.17, 15) is 4.79 Å². The van der Waals surface area contributed by atoms with Gasteiger partial charge >= 0.3 is 5.37 Å². The van der Waals surface area contributed by atoms with E-state index in [0.717, 1.165) is 0 Å². The lowest BCUT2D eigenvalue weighted by atomic mass is 10.5. The van der Waals surface area contributed by atoms with Gasteiger partial charge in [-0.05, 0) is 23.8 Å². The summed E-state index contributed by atoms with van der Waals surface area (Å²) in [4.78, 5) is 10.3. The van der Waals surface area contributed by atoms with Crippen LogP contribution >= 0.6 is 11.6 Å². The van der Waals surface area contributed by atoms with Crippen LogP contribution in [0, 0.1) is 0 Å². The van der Waals surface area contributed by atoms with Crippen molar-refractivity contribution < 1.29 is 4.79 Å². The van der Waals surface area contributed by atoms with Crippen molar-refractivity contribution in [3.8, 4) is 0 Å².